The topological polar surface area (TPSA) is 56.1 Å². The van der Waals surface area contributed by atoms with Gasteiger partial charge < -0.3 is 10.2 Å². The number of rotatable bonds is 5. The summed E-state index contributed by atoms with van der Waals surface area (Å²) < 4.78 is 0. The van der Waals surface area contributed by atoms with Gasteiger partial charge >= 0.3 is 0 Å². The summed E-state index contributed by atoms with van der Waals surface area (Å²) >= 11 is 0. The average molecular weight is 279 g/mol. The first-order valence-corrected chi connectivity index (χ1v) is 6.76. The molecule has 0 saturated carbocycles. The van der Waals surface area contributed by atoms with Crippen LogP contribution in [0.25, 0.3) is 0 Å². The summed E-state index contributed by atoms with van der Waals surface area (Å²) in [5.74, 6) is -0.0933. The summed E-state index contributed by atoms with van der Waals surface area (Å²) in [6.45, 7) is 0.426. The molecule has 0 unspecified atom stereocenters. The van der Waals surface area contributed by atoms with E-state index in [-0.39, 0.29) is 5.91 Å². The van der Waals surface area contributed by atoms with Crippen LogP contribution in [-0.4, -0.2) is 24.4 Å². The van der Waals surface area contributed by atoms with Crippen molar-refractivity contribution in [1.29, 1.82) is 5.26 Å². The van der Waals surface area contributed by atoms with E-state index in [4.69, 9.17) is 5.26 Å². The molecule has 0 aromatic heterocycles. The van der Waals surface area contributed by atoms with Crippen LogP contribution in [-0.2, 0) is 0 Å². The number of nitrogens with one attached hydrogen (secondary N) is 1. The lowest BCUT2D eigenvalue weighted by atomic mass is 10.1. The van der Waals surface area contributed by atoms with Gasteiger partial charge in [-0.1, -0.05) is 30.3 Å². The zero-order chi connectivity index (χ0) is 15.1. The van der Waals surface area contributed by atoms with E-state index >= 15 is 0 Å². The van der Waals surface area contributed by atoms with Gasteiger partial charge in [0.25, 0.3) is 5.91 Å². The Balaban J connectivity index is 2.21. The largest absolute Gasteiger partial charge is 0.355 e. The summed E-state index contributed by atoms with van der Waals surface area (Å²) in [6.07, 6.45) is 0.330. The highest BCUT2D eigenvalue weighted by Gasteiger charge is 2.15. The second kappa shape index (κ2) is 7.11. The summed E-state index contributed by atoms with van der Waals surface area (Å²) in [5.41, 5.74) is 2.29. The van der Waals surface area contributed by atoms with Crippen molar-refractivity contribution in [3.63, 3.8) is 0 Å². The minimum Gasteiger partial charge on any atom is -0.355 e. The molecule has 0 atom stereocenters. The Bertz CT molecular complexity index is 647. The number of hydrogen-bond donors (Lipinski definition) is 1. The number of nitriles is 1. The van der Waals surface area contributed by atoms with Gasteiger partial charge in [0.1, 0.15) is 0 Å². The maximum absolute atomic E-state index is 12.4. The fourth-order valence-corrected chi connectivity index (χ4v) is 1.98. The van der Waals surface area contributed by atoms with Crippen molar-refractivity contribution in [1.82, 2.24) is 4.90 Å². The Morgan fingerprint density at radius 2 is 1.81 bits per heavy atom. The second-order valence-corrected chi connectivity index (χ2v) is 4.67. The van der Waals surface area contributed by atoms with Crippen molar-refractivity contribution in [3.05, 3.63) is 60.2 Å². The third-order valence-electron chi connectivity index (χ3n) is 3.12. The molecule has 0 bridgehead atoms. The van der Waals surface area contributed by atoms with Gasteiger partial charge in [-0.25, -0.2) is 0 Å². The van der Waals surface area contributed by atoms with Gasteiger partial charge in [-0.15, -0.1) is 0 Å². The highest BCUT2D eigenvalue weighted by Crippen LogP contribution is 2.21. The molecule has 2 rings (SSSR count). The zero-order valence-corrected chi connectivity index (χ0v) is 11.9. The van der Waals surface area contributed by atoms with Crippen LogP contribution in [0.1, 0.15) is 16.8 Å². The Kier molecular flexibility index (Phi) is 4.94. The summed E-state index contributed by atoms with van der Waals surface area (Å²) in [4.78, 5) is 14.0. The molecule has 106 valence electrons. The first-order valence-electron chi connectivity index (χ1n) is 6.76. The van der Waals surface area contributed by atoms with Crippen LogP contribution in [0.4, 0.5) is 11.4 Å². The van der Waals surface area contributed by atoms with Gasteiger partial charge in [-0.2, -0.15) is 5.26 Å². The average Bonchev–Trinajstić information content (AvgIpc) is 2.53. The monoisotopic (exact) mass is 279 g/mol. The molecule has 0 aliphatic heterocycles. The van der Waals surface area contributed by atoms with Gasteiger partial charge in [0, 0.05) is 19.3 Å². The number of anilines is 2. The maximum atomic E-state index is 12.4. The van der Waals surface area contributed by atoms with Crippen LogP contribution < -0.4 is 5.32 Å². The van der Waals surface area contributed by atoms with Gasteiger partial charge in [0.05, 0.1) is 23.7 Å². The van der Waals surface area contributed by atoms with Gasteiger partial charge in [0.15, 0.2) is 0 Å². The molecule has 0 radical (unpaired) electrons. The van der Waals surface area contributed by atoms with Crippen LogP contribution in [0.15, 0.2) is 54.6 Å². The zero-order valence-electron chi connectivity index (χ0n) is 11.9. The number of hydrogen-bond acceptors (Lipinski definition) is 3. The molecule has 0 saturated heterocycles. The number of amides is 1. The quantitative estimate of drug-likeness (QED) is 0.912. The van der Waals surface area contributed by atoms with E-state index in [1.807, 2.05) is 54.6 Å². The Morgan fingerprint density at radius 3 is 2.52 bits per heavy atom. The normalized spacial score (nSPS) is 9.71. The van der Waals surface area contributed by atoms with Crippen LogP contribution in [0.5, 0.6) is 0 Å². The van der Waals surface area contributed by atoms with E-state index in [1.165, 1.54) is 0 Å². The van der Waals surface area contributed by atoms with Crippen LogP contribution >= 0.6 is 0 Å². The van der Waals surface area contributed by atoms with Crippen molar-refractivity contribution in [2.45, 2.75) is 6.42 Å². The Morgan fingerprint density at radius 1 is 1.14 bits per heavy atom. The molecule has 1 N–H and O–H groups in total. The van der Waals surface area contributed by atoms with Crippen molar-refractivity contribution in [2.24, 2.45) is 0 Å². The Labute approximate surface area is 124 Å². The lowest BCUT2D eigenvalue weighted by Gasteiger charge is -2.18. The number of benzene rings is 2. The number of carbonyl (C=O) groups excluding carboxylic acids is 1. The minimum absolute atomic E-state index is 0.0933. The molecule has 4 heteroatoms. The summed E-state index contributed by atoms with van der Waals surface area (Å²) in [6, 6.07) is 19.1. The molecule has 0 heterocycles. The molecule has 0 aliphatic rings. The smallest absolute Gasteiger partial charge is 0.255 e. The van der Waals surface area contributed by atoms with E-state index in [1.54, 1.807) is 18.0 Å². The Hall–Kier alpha value is -2.80. The van der Waals surface area contributed by atoms with E-state index < -0.39 is 0 Å². The molecule has 2 aromatic rings. The highest BCUT2D eigenvalue weighted by molar-refractivity contribution is 6.00. The second-order valence-electron chi connectivity index (χ2n) is 4.67. The first-order chi connectivity index (χ1) is 10.2. The first kappa shape index (κ1) is 14.6. The van der Waals surface area contributed by atoms with Crippen molar-refractivity contribution in [3.8, 4) is 6.07 Å². The molecular weight excluding hydrogens is 262 g/mol. The summed E-state index contributed by atoms with van der Waals surface area (Å²) in [7, 11) is 1.71. The van der Waals surface area contributed by atoms with Gasteiger partial charge in [-0.05, 0) is 24.3 Å². The number of carbonyl (C=O) groups is 1. The maximum Gasteiger partial charge on any atom is 0.255 e. The van der Waals surface area contributed by atoms with Crippen molar-refractivity contribution in [2.75, 3.05) is 18.9 Å². The molecule has 0 fully saturated rings. The minimum atomic E-state index is -0.0933. The van der Waals surface area contributed by atoms with Crippen LogP contribution in [0.2, 0.25) is 0 Å². The lowest BCUT2D eigenvalue weighted by Crippen LogP contribution is -2.28. The lowest BCUT2D eigenvalue weighted by molar-refractivity contribution is 0.0799. The SMILES string of the molecule is CN(CCC#N)C(=O)c1ccccc1Nc1ccccc1. The fourth-order valence-electron chi connectivity index (χ4n) is 1.98. The molecule has 1 amide bonds. The van der Waals surface area contributed by atoms with Crippen molar-refractivity contribution < 1.29 is 4.79 Å². The number of nitrogens with zero attached hydrogens (tertiary/aromatic N) is 2. The third-order valence-corrected chi connectivity index (χ3v) is 3.12. The number of para-hydroxylation sites is 2. The van der Waals surface area contributed by atoms with Crippen molar-refractivity contribution >= 4 is 17.3 Å². The molecule has 2 aromatic carbocycles. The van der Waals surface area contributed by atoms with Crippen LogP contribution in [0, 0.1) is 11.3 Å². The molecule has 0 aliphatic carbocycles. The van der Waals surface area contributed by atoms with E-state index in [0.717, 1.165) is 11.4 Å². The molecule has 0 spiro atoms. The standard InChI is InChI=1S/C17H17N3O/c1-20(13-7-12-18)17(21)15-10-5-6-11-16(15)19-14-8-3-2-4-9-14/h2-6,8-11,19H,7,13H2,1H3. The fraction of sp³-hybridized carbons (Fsp3) is 0.176. The van der Waals surface area contributed by atoms with Gasteiger partial charge in [-0.3, -0.25) is 4.79 Å². The predicted octanol–water partition coefficient (Wildman–Crippen LogP) is 3.42. The van der Waals surface area contributed by atoms with Gasteiger partial charge in [0.2, 0.25) is 0 Å². The molecule has 21 heavy (non-hydrogen) atoms. The summed E-state index contributed by atoms with van der Waals surface area (Å²) in [5, 5.41) is 11.9. The third kappa shape index (κ3) is 3.83. The predicted molar refractivity (Wildman–Crippen MR) is 83.4 cm³/mol. The van der Waals surface area contributed by atoms with E-state index in [0.29, 0.717) is 18.5 Å². The molecule has 4 nitrogen and oxygen atoms in total. The van der Waals surface area contributed by atoms with E-state index in [2.05, 4.69) is 5.32 Å². The van der Waals surface area contributed by atoms with Crippen LogP contribution in [0.3, 0.4) is 0 Å². The van der Waals surface area contributed by atoms with E-state index in [9.17, 15) is 4.79 Å². The highest BCUT2D eigenvalue weighted by atomic mass is 16.2. The molecular formula is C17H17N3O.